The van der Waals surface area contributed by atoms with Crippen LogP contribution < -0.4 is 0 Å². The van der Waals surface area contributed by atoms with E-state index in [0.717, 1.165) is 30.1 Å². The number of rotatable bonds is 4. The Morgan fingerprint density at radius 2 is 1.90 bits per heavy atom. The summed E-state index contributed by atoms with van der Waals surface area (Å²) in [5.41, 5.74) is 2.13. The zero-order chi connectivity index (χ0) is 14.5. The average molecular weight is 294 g/mol. The van der Waals surface area contributed by atoms with Crippen LogP contribution in [-0.2, 0) is 16.3 Å². The molecule has 1 aliphatic rings. The van der Waals surface area contributed by atoms with Crippen LogP contribution in [0.3, 0.4) is 0 Å². The van der Waals surface area contributed by atoms with Crippen molar-refractivity contribution < 1.29 is 8.42 Å². The van der Waals surface area contributed by atoms with E-state index in [1.54, 1.807) is 11.4 Å². The van der Waals surface area contributed by atoms with Crippen molar-refractivity contribution in [2.24, 2.45) is 5.92 Å². The van der Waals surface area contributed by atoms with Crippen molar-refractivity contribution >= 4 is 15.5 Å². The second kappa shape index (κ2) is 4.51. The number of hydrogen-bond donors (Lipinski definition) is 0. The normalized spacial score (nSPS) is 15.9. The topological polar surface area (TPSA) is 77.2 Å². The van der Waals surface area contributed by atoms with E-state index in [1.165, 1.54) is 19.1 Å². The van der Waals surface area contributed by atoms with Gasteiger partial charge in [-0.15, -0.1) is 10.2 Å². The molecule has 0 radical (unpaired) electrons. The van der Waals surface area contributed by atoms with Crippen LogP contribution in [0.1, 0.15) is 36.2 Å². The molecule has 7 heteroatoms. The predicted molar refractivity (Wildman–Crippen MR) is 74.4 cm³/mol. The van der Waals surface area contributed by atoms with Gasteiger partial charge in [0.25, 0.3) is 0 Å². The molecule has 0 bridgehead atoms. The third-order valence-electron chi connectivity index (χ3n) is 3.94. The first-order chi connectivity index (χ1) is 9.38. The molecule has 20 heavy (non-hydrogen) atoms. The van der Waals surface area contributed by atoms with Gasteiger partial charge >= 0.3 is 0 Å². The standard InChI is InChI=1S/C13H18N4O2S/c1-8-9(2)13(20(3,18)19)16-17-11(14-15-12(8)17)7-6-10-4-5-10/h10H,4-7H2,1-3H3. The second-order valence-electron chi connectivity index (χ2n) is 5.66. The monoisotopic (exact) mass is 294 g/mol. The molecule has 2 aromatic heterocycles. The number of aromatic nitrogens is 4. The van der Waals surface area contributed by atoms with Crippen LogP contribution in [0.25, 0.3) is 5.65 Å². The van der Waals surface area contributed by atoms with E-state index in [4.69, 9.17) is 0 Å². The molecule has 1 aliphatic carbocycles. The first kappa shape index (κ1) is 13.5. The molecule has 0 aliphatic heterocycles. The van der Waals surface area contributed by atoms with Crippen LogP contribution in [0.2, 0.25) is 0 Å². The van der Waals surface area contributed by atoms with Crippen LogP contribution in [-0.4, -0.2) is 34.5 Å². The lowest BCUT2D eigenvalue weighted by Gasteiger charge is -2.08. The summed E-state index contributed by atoms with van der Waals surface area (Å²) < 4.78 is 25.3. The summed E-state index contributed by atoms with van der Waals surface area (Å²) in [5.74, 6) is 1.54. The number of fused-ring (bicyclic) bond motifs is 1. The van der Waals surface area contributed by atoms with Crippen molar-refractivity contribution in [3.05, 3.63) is 17.0 Å². The van der Waals surface area contributed by atoms with Crippen molar-refractivity contribution in [1.82, 2.24) is 19.8 Å². The zero-order valence-corrected chi connectivity index (χ0v) is 12.7. The smallest absolute Gasteiger partial charge is 0.194 e. The highest BCUT2D eigenvalue weighted by Gasteiger charge is 2.23. The molecule has 1 fully saturated rings. The molecule has 6 nitrogen and oxygen atoms in total. The molecule has 108 valence electrons. The van der Waals surface area contributed by atoms with Crippen LogP contribution >= 0.6 is 0 Å². The van der Waals surface area contributed by atoms with Crippen molar-refractivity contribution in [2.45, 2.75) is 44.6 Å². The summed E-state index contributed by atoms with van der Waals surface area (Å²) in [6, 6.07) is 0. The Morgan fingerprint density at radius 3 is 2.50 bits per heavy atom. The molecule has 0 unspecified atom stereocenters. The molecular formula is C13H18N4O2S. The van der Waals surface area contributed by atoms with E-state index in [0.29, 0.717) is 11.2 Å². The van der Waals surface area contributed by atoms with Crippen molar-refractivity contribution in [3.63, 3.8) is 0 Å². The van der Waals surface area contributed by atoms with Gasteiger partial charge in [0.15, 0.2) is 26.3 Å². The minimum Gasteiger partial charge on any atom is -0.222 e. The highest BCUT2D eigenvalue weighted by atomic mass is 32.2. The Kier molecular flexibility index (Phi) is 3.04. The molecule has 1 saturated carbocycles. The Hall–Kier alpha value is -1.50. The molecule has 0 aromatic carbocycles. The fourth-order valence-corrected chi connectivity index (χ4v) is 3.33. The van der Waals surface area contributed by atoms with E-state index < -0.39 is 9.84 Å². The number of hydrogen-bond acceptors (Lipinski definition) is 5. The lowest BCUT2D eigenvalue weighted by molar-refractivity contribution is 0.591. The van der Waals surface area contributed by atoms with Gasteiger partial charge in [0.05, 0.1) is 0 Å². The molecule has 0 saturated heterocycles. The summed E-state index contributed by atoms with van der Waals surface area (Å²) in [6.45, 7) is 3.62. The second-order valence-corrected chi connectivity index (χ2v) is 7.59. The summed E-state index contributed by atoms with van der Waals surface area (Å²) in [7, 11) is -3.35. The third kappa shape index (κ3) is 2.30. The molecule has 3 rings (SSSR count). The maximum Gasteiger partial charge on any atom is 0.194 e. The third-order valence-corrected chi connectivity index (χ3v) is 5.03. The number of sulfone groups is 1. The van der Waals surface area contributed by atoms with Gasteiger partial charge in [-0.3, -0.25) is 0 Å². The molecule has 0 N–H and O–H groups in total. The highest BCUT2D eigenvalue weighted by molar-refractivity contribution is 7.90. The fraction of sp³-hybridized carbons (Fsp3) is 0.615. The minimum atomic E-state index is -3.35. The Balaban J connectivity index is 2.12. The SMILES string of the molecule is Cc1c(S(C)(=O)=O)nn2c(CCC3CC3)nnc2c1C. The van der Waals surface area contributed by atoms with E-state index in [-0.39, 0.29) is 5.03 Å². The van der Waals surface area contributed by atoms with Crippen LogP contribution in [0.15, 0.2) is 5.03 Å². The summed E-state index contributed by atoms with van der Waals surface area (Å²) >= 11 is 0. The Labute approximate surface area is 118 Å². The first-order valence-electron chi connectivity index (χ1n) is 6.79. The molecule has 2 heterocycles. The van der Waals surface area contributed by atoms with E-state index >= 15 is 0 Å². The molecule has 0 spiro atoms. The van der Waals surface area contributed by atoms with Gasteiger partial charge in [-0.25, -0.2) is 8.42 Å². The van der Waals surface area contributed by atoms with Gasteiger partial charge in [-0.1, -0.05) is 12.8 Å². The Bertz CT molecular complexity index is 775. The summed E-state index contributed by atoms with van der Waals surface area (Å²) in [5, 5.41) is 12.7. The highest BCUT2D eigenvalue weighted by Crippen LogP contribution is 2.33. The summed E-state index contributed by atoms with van der Waals surface area (Å²) in [6.07, 6.45) is 5.63. The van der Waals surface area contributed by atoms with Crippen molar-refractivity contribution in [3.8, 4) is 0 Å². The number of aryl methyl sites for hydroxylation is 2. The van der Waals surface area contributed by atoms with E-state index in [1.807, 2.05) is 6.92 Å². The quantitative estimate of drug-likeness (QED) is 0.853. The van der Waals surface area contributed by atoms with Crippen LogP contribution in [0.4, 0.5) is 0 Å². The predicted octanol–water partition coefficient (Wildman–Crippen LogP) is 1.49. The van der Waals surface area contributed by atoms with Crippen molar-refractivity contribution in [1.29, 1.82) is 0 Å². The van der Waals surface area contributed by atoms with Gasteiger partial charge in [-0.2, -0.15) is 9.61 Å². The minimum absolute atomic E-state index is 0.120. The van der Waals surface area contributed by atoms with Gasteiger partial charge in [-0.05, 0) is 31.7 Å². The van der Waals surface area contributed by atoms with Gasteiger partial charge < -0.3 is 0 Å². The Morgan fingerprint density at radius 1 is 1.20 bits per heavy atom. The lowest BCUT2D eigenvalue weighted by Crippen LogP contribution is -2.11. The zero-order valence-electron chi connectivity index (χ0n) is 11.9. The van der Waals surface area contributed by atoms with E-state index in [2.05, 4.69) is 15.3 Å². The molecule has 0 amide bonds. The van der Waals surface area contributed by atoms with Crippen molar-refractivity contribution in [2.75, 3.05) is 6.26 Å². The average Bonchev–Trinajstić information content (AvgIpc) is 3.10. The fourth-order valence-electron chi connectivity index (χ4n) is 2.39. The van der Waals surface area contributed by atoms with Gasteiger partial charge in [0, 0.05) is 18.2 Å². The number of nitrogens with zero attached hydrogens (tertiary/aromatic N) is 4. The lowest BCUT2D eigenvalue weighted by atomic mass is 10.2. The van der Waals surface area contributed by atoms with Crippen LogP contribution in [0, 0.1) is 19.8 Å². The molecule has 2 aromatic rings. The first-order valence-corrected chi connectivity index (χ1v) is 8.68. The largest absolute Gasteiger partial charge is 0.222 e. The molecular weight excluding hydrogens is 276 g/mol. The molecule has 0 atom stereocenters. The maximum absolute atomic E-state index is 11.8. The maximum atomic E-state index is 11.8. The van der Waals surface area contributed by atoms with Crippen LogP contribution in [0.5, 0.6) is 0 Å². The van der Waals surface area contributed by atoms with Gasteiger partial charge in [0.2, 0.25) is 0 Å². The van der Waals surface area contributed by atoms with E-state index in [9.17, 15) is 8.42 Å². The summed E-state index contributed by atoms with van der Waals surface area (Å²) in [4.78, 5) is 0. The van der Waals surface area contributed by atoms with Gasteiger partial charge in [0.1, 0.15) is 0 Å².